The van der Waals surface area contributed by atoms with Gasteiger partial charge < -0.3 is 10.6 Å². The molecule has 0 saturated heterocycles. The normalized spacial score (nSPS) is 26.4. The molecule has 0 atom stereocenters. The molecule has 3 aliphatic rings. The fraction of sp³-hybridized carbons (Fsp3) is 0.909. The Hall–Kier alpha value is -0.310. The van der Waals surface area contributed by atoms with Crippen molar-refractivity contribution in [2.75, 3.05) is 0 Å². The second kappa shape index (κ2) is 3.37. The molecule has 2 nitrogen and oxygen atoms in total. The molecule has 3 rings (SSSR count). The molecule has 0 heterocycles. The minimum Gasteiger partial charge on any atom is -0.360 e. The van der Waals surface area contributed by atoms with Crippen LogP contribution in [0.4, 0.5) is 0 Å². The van der Waals surface area contributed by atoms with Crippen molar-refractivity contribution in [2.45, 2.75) is 50.6 Å². The van der Waals surface area contributed by atoms with Crippen LogP contribution in [0.3, 0.4) is 0 Å². The predicted molar refractivity (Wildman–Crippen MR) is 61.1 cm³/mol. The van der Waals surface area contributed by atoms with E-state index in [0.29, 0.717) is 12.1 Å². The average Bonchev–Trinajstić information content (AvgIpc) is 2.95. The summed E-state index contributed by atoms with van der Waals surface area (Å²) in [7, 11) is 0. The van der Waals surface area contributed by atoms with Crippen LogP contribution in [0.25, 0.3) is 0 Å². The Morgan fingerprint density at radius 2 is 1.57 bits per heavy atom. The van der Waals surface area contributed by atoms with Gasteiger partial charge in [-0.05, 0) is 62.6 Å². The molecule has 0 unspecified atom stereocenters. The number of hydrogen-bond donors (Lipinski definition) is 2. The van der Waals surface area contributed by atoms with Crippen LogP contribution in [-0.4, -0.2) is 17.2 Å². The van der Waals surface area contributed by atoms with Gasteiger partial charge in [-0.15, -0.1) is 0 Å². The van der Waals surface area contributed by atoms with Gasteiger partial charge in [0.25, 0.3) is 0 Å². The molecule has 3 heteroatoms. The smallest absolute Gasteiger partial charge is 0.166 e. The Morgan fingerprint density at radius 3 is 2.00 bits per heavy atom. The summed E-state index contributed by atoms with van der Waals surface area (Å²) in [6.07, 6.45) is 8.28. The molecule has 3 saturated carbocycles. The zero-order valence-corrected chi connectivity index (χ0v) is 9.28. The van der Waals surface area contributed by atoms with Crippen molar-refractivity contribution in [3.05, 3.63) is 0 Å². The minimum absolute atomic E-state index is 0.689. The van der Waals surface area contributed by atoms with Gasteiger partial charge in [-0.2, -0.15) is 0 Å². The van der Waals surface area contributed by atoms with Gasteiger partial charge in [0.2, 0.25) is 0 Å². The van der Waals surface area contributed by atoms with Crippen molar-refractivity contribution in [3.63, 3.8) is 0 Å². The van der Waals surface area contributed by atoms with Gasteiger partial charge in [-0.3, -0.25) is 0 Å². The molecular formula is C11H18N2S. The Balaban J connectivity index is 1.49. The van der Waals surface area contributed by atoms with Gasteiger partial charge in [0.05, 0.1) is 0 Å². The summed E-state index contributed by atoms with van der Waals surface area (Å²) < 4.78 is 0. The van der Waals surface area contributed by atoms with Crippen LogP contribution in [0.5, 0.6) is 0 Å². The average molecular weight is 210 g/mol. The summed E-state index contributed by atoms with van der Waals surface area (Å²) in [6, 6.07) is 1.39. The quantitative estimate of drug-likeness (QED) is 0.692. The Labute approximate surface area is 90.8 Å². The summed E-state index contributed by atoms with van der Waals surface area (Å²) in [6.45, 7) is 0. The van der Waals surface area contributed by atoms with Gasteiger partial charge >= 0.3 is 0 Å². The number of thiocarbonyl (C=S) groups is 1. The van der Waals surface area contributed by atoms with E-state index in [1.54, 1.807) is 0 Å². The molecule has 0 spiro atoms. The maximum absolute atomic E-state index is 5.32. The third-order valence-electron chi connectivity index (χ3n) is 3.47. The number of nitrogens with one attached hydrogen (secondary N) is 2. The molecule has 14 heavy (non-hydrogen) atoms. The second-order valence-corrected chi connectivity index (χ2v) is 5.50. The molecule has 0 amide bonds. The van der Waals surface area contributed by atoms with Crippen LogP contribution in [-0.2, 0) is 0 Å². The first kappa shape index (κ1) is 8.96. The molecule has 3 fully saturated rings. The summed E-state index contributed by atoms with van der Waals surface area (Å²) in [5, 5.41) is 7.82. The highest BCUT2D eigenvalue weighted by molar-refractivity contribution is 7.80. The highest BCUT2D eigenvalue weighted by Crippen LogP contribution is 2.44. The van der Waals surface area contributed by atoms with E-state index in [0.717, 1.165) is 16.9 Å². The molecule has 0 aromatic rings. The van der Waals surface area contributed by atoms with Crippen molar-refractivity contribution >= 4 is 17.3 Å². The van der Waals surface area contributed by atoms with Crippen molar-refractivity contribution in [1.82, 2.24) is 10.6 Å². The highest BCUT2D eigenvalue weighted by Gasteiger charge is 2.41. The van der Waals surface area contributed by atoms with Gasteiger partial charge in [-0.25, -0.2) is 0 Å². The van der Waals surface area contributed by atoms with Crippen LogP contribution >= 0.6 is 12.2 Å². The molecular weight excluding hydrogens is 192 g/mol. The lowest BCUT2D eigenvalue weighted by atomic mass is 10.1. The van der Waals surface area contributed by atoms with Crippen molar-refractivity contribution in [1.29, 1.82) is 0 Å². The van der Waals surface area contributed by atoms with E-state index < -0.39 is 0 Å². The zero-order valence-electron chi connectivity index (χ0n) is 8.46. The fourth-order valence-corrected chi connectivity index (χ4v) is 2.44. The number of rotatable bonds is 4. The minimum atomic E-state index is 0.689. The van der Waals surface area contributed by atoms with Gasteiger partial charge in [0.1, 0.15) is 0 Å². The lowest BCUT2D eigenvalue weighted by molar-refractivity contribution is 0.479. The summed E-state index contributed by atoms with van der Waals surface area (Å²) in [5.41, 5.74) is 0. The van der Waals surface area contributed by atoms with E-state index >= 15 is 0 Å². The Morgan fingerprint density at radius 1 is 1.00 bits per heavy atom. The van der Waals surface area contributed by atoms with Crippen LogP contribution < -0.4 is 10.6 Å². The van der Waals surface area contributed by atoms with Crippen molar-refractivity contribution < 1.29 is 0 Å². The molecule has 0 bridgehead atoms. The summed E-state index contributed by atoms with van der Waals surface area (Å²) in [4.78, 5) is 0. The first-order valence-electron chi connectivity index (χ1n) is 5.90. The van der Waals surface area contributed by atoms with Crippen molar-refractivity contribution in [2.24, 2.45) is 11.8 Å². The topological polar surface area (TPSA) is 24.1 Å². The third kappa shape index (κ3) is 2.19. The van der Waals surface area contributed by atoms with Crippen LogP contribution in [0.15, 0.2) is 0 Å². The third-order valence-corrected chi connectivity index (χ3v) is 3.71. The van der Waals surface area contributed by atoms with E-state index in [1.807, 2.05) is 0 Å². The van der Waals surface area contributed by atoms with Gasteiger partial charge in [0, 0.05) is 12.1 Å². The number of hydrogen-bond acceptors (Lipinski definition) is 1. The van der Waals surface area contributed by atoms with E-state index in [9.17, 15) is 0 Å². The maximum Gasteiger partial charge on any atom is 0.166 e. The van der Waals surface area contributed by atoms with Crippen LogP contribution in [0, 0.1) is 11.8 Å². The van der Waals surface area contributed by atoms with Gasteiger partial charge in [-0.1, -0.05) is 0 Å². The monoisotopic (exact) mass is 210 g/mol. The largest absolute Gasteiger partial charge is 0.360 e. The van der Waals surface area contributed by atoms with E-state index in [4.69, 9.17) is 12.2 Å². The lowest BCUT2D eigenvalue weighted by Gasteiger charge is -2.20. The maximum atomic E-state index is 5.32. The molecule has 0 aliphatic heterocycles. The Bertz CT molecular complexity index is 230. The molecule has 0 aromatic heterocycles. The summed E-state index contributed by atoms with van der Waals surface area (Å²) >= 11 is 5.32. The fourth-order valence-electron chi connectivity index (χ4n) is 2.14. The molecule has 0 radical (unpaired) electrons. The van der Waals surface area contributed by atoms with Gasteiger partial charge in [0.15, 0.2) is 5.11 Å². The van der Waals surface area contributed by atoms with Crippen molar-refractivity contribution in [3.8, 4) is 0 Å². The van der Waals surface area contributed by atoms with Crippen LogP contribution in [0.2, 0.25) is 0 Å². The van der Waals surface area contributed by atoms with E-state index in [2.05, 4.69) is 10.6 Å². The second-order valence-electron chi connectivity index (χ2n) is 5.09. The predicted octanol–water partition coefficient (Wildman–Crippen LogP) is 1.80. The van der Waals surface area contributed by atoms with E-state index in [-0.39, 0.29) is 0 Å². The first-order valence-corrected chi connectivity index (χ1v) is 6.31. The lowest BCUT2D eigenvalue weighted by Crippen LogP contribution is -2.44. The summed E-state index contributed by atoms with van der Waals surface area (Å²) in [5.74, 6) is 1.86. The SMILES string of the molecule is S=C(NC1CC1)NC(C1CC1)C1CC1. The standard InChI is InChI=1S/C11H18N2S/c14-11(12-9-5-6-9)13-10(7-1-2-7)8-3-4-8/h7-10H,1-6H2,(H2,12,13,14). The molecule has 0 aromatic carbocycles. The first-order chi connectivity index (χ1) is 6.83. The molecule has 2 N–H and O–H groups in total. The molecule has 78 valence electrons. The Kier molecular flexibility index (Phi) is 2.15. The van der Waals surface area contributed by atoms with Crippen LogP contribution in [0.1, 0.15) is 38.5 Å². The van der Waals surface area contributed by atoms with E-state index in [1.165, 1.54) is 38.5 Å². The molecule has 3 aliphatic carbocycles. The zero-order chi connectivity index (χ0) is 9.54. The highest BCUT2D eigenvalue weighted by atomic mass is 32.1.